The molecule has 0 atom stereocenters. The molecule has 2 aliphatic rings. The average Bonchev–Trinajstić information content (AvgIpc) is 2.34. The molecule has 2 heterocycles. The fourth-order valence-electron chi connectivity index (χ4n) is 2.30. The van der Waals surface area contributed by atoms with Crippen LogP contribution < -0.4 is 10.2 Å². The fraction of sp³-hybridized carbons (Fsp3) is 0.636. The molecule has 7 heteroatoms. The summed E-state index contributed by atoms with van der Waals surface area (Å²) in [5.41, 5.74) is 0.531. The van der Waals surface area contributed by atoms with Gasteiger partial charge in [-0.2, -0.15) is 4.98 Å². The van der Waals surface area contributed by atoms with E-state index in [9.17, 15) is 8.78 Å². The number of hydrogen-bond acceptors (Lipinski definition) is 4. The normalized spacial score (nSPS) is 22.7. The molecule has 1 fully saturated rings. The van der Waals surface area contributed by atoms with Gasteiger partial charge in [-0.3, -0.25) is 0 Å². The summed E-state index contributed by atoms with van der Waals surface area (Å²) in [6.45, 7) is -0.709. The molecule has 4 nitrogen and oxygen atoms in total. The van der Waals surface area contributed by atoms with Crippen molar-refractivity contribution in [1.29, 1.82) is 0 Å². The van der Waals surface area contributed by atoms with Gasteiger partial charge in [-0.25, -0.2) is 13.8 Å². The van der Waals surface area contributed by atoms with Crippen molar-refractivity contribution in [3.05, 3.63) is 11.5 Å². The van der Waals surface area contributed by atoms with Gasteiger partial charge >= 0.3 is 0 Å². The molecule has 0 bridgehead atoms. The molecule has 18 heavy (non-hydrogen) atoms. The van der Waals surface area contributed by atoms with Crippen molar-refractivity contribution >= 4 is 23.1 Å². The number of nitrogens with zero attached hydrogens (tertiary/aromatic N) is 3. The maximum Gasteiger partial charge on any atom is 0.282 e. The van der Waals surface area contributed by atoms with Crippen LogP contribution in [0.25, 0.3) is 0 Å². The lowest BCUT2D eigenvalue weighted by atomic mass is 9.91. The van der Waals surface area contributed by atoms with Crippen LogP contribution in [-0.4, -0.2) is 35.0 Å². The molecule has 0 unspecified atom stereocenters. The van der Waals surface area contributed by atoms with E-state index in [1.165, 1.54) is 6.20 Å². The molecule has 1 aliphatic heterocycles. The van der Waals surface area contributed by atoms with Gasteiger partial charge in [-0.05, 0) is 30.9 Å². The summed E-state index contributed by atoms with van der Waals surface area (Å²) >= 11 is 5.77. The molecule has 98 valence electrons. The fourth-order valence-corrected chi connectivity index (χ4v) is 2.43. The first kappa shape index (κ1) is 11.9. The van der Waals surface area contributed by atoms with E-state index in [1.54, 1.807) is 4.90 Å². The summed E-state index contributed by atoms with van der Waals surface area (Å²) in [6, 6.07) is 0.139. The minimum atomic E-state index is -2.78. The summed E-state index contributed by atoms with van der Waals surface area (Å²) in [6.07, 6.45) is 4.40. The zero-order valence-corrected chi connectivity index (χ0v) is 10.4. The van der Waals surface area contributed by atoms with E-state index >= 15 is 0 Å². The van der Waals surface area contributed by atoms with Crippen LogP contribution >= 0.6 is 11.6 Å². The van der Waals surface area contributed by atoms with Gasteiger partial charge in [0.15, 0.2) is 5.82 Å². The monoisotopic (exact) mass is 274 g/mol. The largest absolute Gasteiger partial charge is 0.375 e. The van der Waals surface area contributed by atoms with Gasteiger partial charge in [0.1, 0.15) is 0 Å². The molecule has 1 saturated carbocycles. The van der Waals surface area contributed by atoms with E-state index in [0.29, 0.717) is 11.5 Å². The molecule has 1 aliphatic carbocycles. The lowest BCUT2D eigenvalue weighted by Crippen LogP contribution is -2.47. The Balaban J connectivity index is 2.00. The summed E-state index contributed by atoms with van der Waals surface area (Å²) in [5.74, 6) is -2.28. The molecule has 1 aromatic rings. The lowest BCUT2D eigenvalue weighted by molar-refractivity contribution is 0.0210. The van der Waals surface area contributed by atoms with Crippen molar-refractivity contribution in [3.63, 3.8) is 0 Å². The maximum absolute atomic E-state index is 13.7. The van der Waals surface area contributed by atoms with Crippen LogP contribution in [0.5, 0.6) is 0 Å². The first-order valence-electron chi connectivity index (χ1n) is 5.96. The highest BCUT2D eigenvalue weighted by Crippen LogP contribution is 2.37. The van der Waals surface area contributed by atoms with Crippen LogP contribution in [0.3, 0.4) is 0 Å². The highest BCUT2D eigenvalue weighted by Gasteiger charge is 2.40. The molecule has 0 saturated heterocycles. The second-order valence-corrected chi connectivity index (χ2v) is 5.14. The Bertz CT molecular complexity index is 464. The second-order valence-electron chi connectivity index (χ2n) is 4.80. The van der Waals surface area contributed by atoms with Crippen molar-refractivity contribution in [2.45, 2.75) is 31.2 Å². The number of alkyl halides is 2. The Morgan fingerprint density at radius 3 is 2.89 bits per heavy atom. The van der Waals surface area contributed by atoms with E-state index < -0.39 is 12.5 Å². The quantitative estimate of drug-likeness (QED) is 0.799. The van der Waals surface area contributed by atoms with Gasteiger partial charge in [0.05, 0.1) is 25.0 Å². The molecule has 1 aromatic heterocycles. The SMILES string of the molecule is FC1(F)CNc2cnc(Cl)nc2N(C2CCC2)C1. The van der Waals surface area contributed by atoms with E-state index in [1.807, 2.05) is 0 Å². The van der Waals surface area contributed by atoms with Gasteiger partial charge in [0.25, 0.3) is 5.92 Å². The van der Waals surface area contributed by atoms with Crippen molar-refractivity contribution in [2.75, 3.05) is 23.3 Å². The first-order chi connectivity index (χ1) is 8.55. The number of fused-ring (bicyclic) bond motifs is 1. The molecule has 0 aromatic carbocycles. The molecular formula is C11H13ClF2N4. The zero-order valence-electron chi connectivity index (χ0n) is 9.67. The minimum absolute atomic E-state index is 0.0880. The molecule has 0 radical (unpaired) electrons. The van der Waals surface area contributed by atoms with E-state index in [2.05, 4.69) is 15.3 Å². The van der Waals surface area contributed by atoms with Crippen LogP contribution in [-0.2, 0) is 0 Å². The third-order valence-corrected chi connectivity index (χ3v) is 3.65. The standard InChI is InChI=1S/C11H13ClF2N4/c12-10-15-4-8-9(17-10)18(7-2-1-3-7)6-11(13,14)5-16-8/h4,7,16H,1-3,5-6H2. The Morgan fingerprint density at radius 2 is 2.22 bits per heavy atom. The van der Waals surface area contributed by atoms with E-state index in [-0.39, 0.29) is 17.9 Å². The van der Waals surface area contributed by atoms with Gasteiger partial charge in [0.2, 0.25) is 5.28 Å². The number of aromatic nitrogens is 2. The second kappa shape index (κ2) is 4.19. The molecule has 0 spiro atoms. The number of hydrogen-bond donors (Lipinski definition) is 1. The highest BCUT2D eigenvalue weighted by molar-refractivity contribution is 6.28. The number of nitrogens with one attached hydrogen (secondary N) is 1. The Labute approximate surface area is 108 Å². The first-order valence-corrected chi connectivity index (χ1v) is 6.34. The van der Waals surface area contributed by atoms with Crippen molar-refractivity contribution in [1.82, 2.24) is 9.97 Å². The zero-order chi connectivity index (χ0) is 12.8. The summed E-state index contributed by atoms with van der Waals surface area (Å²) in [5, 5.41) is 2.79. The van der Waals surface area contributed by atoms with Gasteiger partial charge in [0, 0.05) is 6.04 Å². The topological polar surface area (TPSA) is 41.1 Å². The minimum Gasteiger partial charge on any atom is -0.375 e. The lowest BCUT2D eigenvalue weighted by Gasteiger charge is -2.39. The van der Waals surface area contributed by atoms with Gasteiger partial charge in [-0.1, -0.05) is 0 Å². The van der Waals surface area contributed by atoms with Crippen LogP contribution in [0.1, 0.15) is 19.3 Å². The van der Waals surface area contributed by atoms with E-state index in [0.717, 1.165) is 19.3 Å². The number of rotatable bonds is 1. The molecular weight excluding hydrogens is 262 g/mol. The predicted octanol–water partition coefficient (Wildman–Crippen LogP) is 2.55. The Hall–Kier alpha value is -1.17. The predicted molar refractivity (Wildman–Crippen MR) is 65.5 cm³/mol. The van der Waals surface area contributed by atoms with Crippen LogP contribution in [0.15, 0.2) is 6.20 Å². The number of anilines is 2. The third kappa shape index (κ3) is 2.09. The molecule has 3 rings (SSSR count). The Morgan fingerprint density at radius 1 is 1.44 bits per heavy atom. The van der Waals surface area contributed by atoms with Crippen LogP contribution in [0.2, 0.25) is 5.28 Å². The van der Waals surface area contributed by atoms with Crippen molar-refractivity contribution in [3.8, 4) is 0 Å². The third-order valence-electron chi connectivity index (χ3n) is 3.47. The van der Waals surface area contributed by atoms with Gasteiger partial charge < -0.3 is 10.2 Å². The molecule has 0 amide bonds. The van der Waals surface area contributed by atoms with Crippen molar-refractivity contribution in [2.24, 2.45) is 0 Å². The van der Waals surface area contributed by atoms with Gasteiger partial charge in [-0.15, -0.1) is 0 Å². The maximum atomic E-state index is 13.7. The molecule has 1 N–H and O–H groups in total. The summed E-state index contributed by atoms with van der Waals surface area (Å²) < 4.78 is 27.4. The smallest absolute Gasteiger partial charge is 0.282 e. The highest BCUT2D eigenvalue weighted by atomic mass is 35.5. The number of halogens is 3. The van der Waals surface area contributed by atoms with Crippen LogP contribution in [0.4, 0.5) is 20.3 Å². The van der Waals surface area contributed by atoms with E-state index in [4.69, 9.17) is 11.6 Å². The van der Waals surface area contributed by atoms with Crippen LogP contribution in [0, 0.1) is 0 Å². The average molecular weight is 275 g/mol. The summed E-state index contributed by atoms with van der Waals surface area (Å²) in [4.78, 5) is 9.62. The van der Waals surface area contributed by atoms with Crippen molar-refractivity contribution < 1.29 is 8.78 Å². The Kier molecular flexibility index (Phi) is 2.77. The summed E-state index contributed by atoms with van der Waals surface area (Å²) in [7, 11) is 0.